The van der Waals surface area contributed by atoms with Crippen molar-refractivity contribution >= 4 is 28.4 Å². The number of rotatable bonds is 9. The minimum absolute atomic E-state index is 0.0963. The summed E-state index contributed by atoms with van der Waals surface area (Å²) in [6, 6.07) is 13.7. The summed E-state index contributed by atoms with van der Waals surface area (Å²) in [5, 5.41) is 9.82. The average molecular weight is 428 g/mol. The Morgan fingerprint density at radius 3 is 2.70 bits per heavy atom. The SMILES string of the molecule is COCCCn1c(=O)c2ccccc2n2c(SCCOc3ccccc3F)nnc12. The fourth-order valence-electron chi connectivity index (χ4n) is 3.24. The van der Waals surface area contributed by atoms with E-state index in [1.807, 2.05) is 22.6 Å². The summed E-state index contributed by atoms with van der Waals surface area (Å²) in [6.07, 6.45) is 0.691. The minimum Gasteiger partial charge on any atom is -0.490 e. The minimum atomic E-state index is -0.388. The number of aromatic nitrogens is 4. The first-order chi connectivity index (χ1) is 14.7. The number of fused-ring (bicyclic) bond motifs is 3. The van der Waals surface area contributed by atoms with E-state index in [0.29, 0.717) is 48.3 Å². The van der Waals surface area contributed by atoms with Crippen LogP contribution < -0.4 is 10.3 Å². The van der Waals surface area contributed by atoms with Crippen LogP contribution in [0.1, 0.15) is 6.42 Å². The van der Waals surface area contributed by atoms with Gasteiger partial charge in [0.15, 0.2) is 16.7 Å². The van der Waals surface area contributed by atoms with Gasteiger partial charge in [0, 0.05) is 26.0 Å². The summed E-state index contributed by atoms with van der Waals surface area (Å²) >= 11 is 1.44. The number of hydrogen-bond acceptors (Lipinski definition) is 6. The molecule has 0 bridgehead atoms. The number of hydrogen-bond donors (Lipinski definition) is 0. The Labute approximate surface area is 176 Å². The molecule has 0 aliphatic heterocycles. The second-order valence-corrected chi connectivity index (χ2v) is 7.63. The summed E-state index contributed by atoms with van der Waals surface area (Å²) in [5.74, 6) is 0.877. The Kier molecular flexibility index (Phi) is 6.29. The zero-order chi connectivity index (χ0) is 20.9. The van der Waals surface area contributed by atoms with Crippen LogP contribution in [0.25, 0.3) is 16.7 Å². The lowest BCUT2D eigenvalue weighted by Crippen LogP contribution is -2.24. The van der Waals surface area contributed by atoms with Gasteiger partial charge in [-0.3, -0.25) is 13.8 Å². The van der Waals surface area contributed by atoms with Gasteiger partial charge >= 0.3 is 0 Å². The Bertz CT molecular complexity index is 1220. The van der Waals surface area contributed by atoms with Gasteiger partial charge in [0.1, 0.15) is 0 Å². The van der Waals surface area contributed by atoms with Crippen LogP contribution in [-0.2, 0) is 11.3 Å². The van der Waals surface area contributed by atoms with Crippen LogP contribution in [-0.4, -0.2) is 45.2 Å². The highest BCUT2D eigenvalue weighted by molar-refractivity contribution is 7.99. The summed E-state index contributed by atoms with van der Waals surface area (Å²) < 4.78 is 27.8. The van der Waals surface area contributed by atoms with Crippen LogP contribution in [0.15, 0.2) is 58.5 Å². The number of halogens is 1. The van der Waals surface area contributed by atoms with Crippen LogP contribution in [0.3, 0.4) is 0 Å². The third kappa shape index (κ3) is 4.03. The lowest BCUT2D eigenvalue weighted by atomic mass is 10.2. The maximum absolute atomic E-state index is 13.7. The smallest absolute Gasteiger partial charge is 0.262 e. The van der Waals surface area contributed by atoms with E-state index in [0.717, 1.165) is 5.52 Å². The van der Waals surface area contributed by atoms with E-state index in [2.05, 4.69) is 10.2 Å². The molecule has 2 aromatic heterocycles. The number of ether oxygens (including phenoxy) is 2. The van der Waals surface area contributed by atoms with Crippen molar-refractivity contribution in [2.75, 3.05) is 26.1 Å². The fraction of sp³-hybridized carbons (Fsp3) is 0.286. The number of benzene rings is 2. The second-order valence-electron chi connectivity index (χ2n) is 6.57. The standard InChI is InChI=1S/C21H21FN4O3S/c1-28-12-6-11-25-19(27)15-7-2-4-9-17(15)26-20(25)23-24-21(26)30-14-13-29-18-10-5-3-8-16(18)22/h2-5,7-10H,6,11-14H2,1H3. The quantitative estimate of drug-likeness (QED) is 0.301. The Hall–Kier alpha value is -2.91. The average Bonchev–Trinajstić information content (AvgIpc) is 3.19. The molecule has 0 aliphatic rings. The molecule has 30 heavy (non-hydrogen) atoms. The van der Waals surface area contributed by atoms with Gasteiger partial charge in [0.25, 0.3) is 5.56 Å². The molecule has 0 saturated carbocycles. The van der Waals surface area contributed by atoms with Crippen molar-refractivity contribution in [2.45, 2.75) is 18.1 Å². The number of thioether (sulfide) groups is 1. The van der Waals surface area contributed by atoms with E-state index >= 15 is 0 Å². The van der Waals surface area contributed by atoms with E-state index in [1.54, 1.807) is 35.9 Å². The summed E-state index contributed by atoms with van der Waals surface area (Å²) in [7, 11) is 1.63. The third-order valence-corrected chi connectivity index (χ3v) is 5.51. The summed E-state index contributed by atoms with van der Waals surface area (Å²) in [6.45, 7) is 1.35. The van der Waals surface area contributed by atoms with Crippen molar-refractivity contribution < 1.29 is 13.9 Å². The van der Waals surface area contributed by atoms with Gasteiger partial charge in [-0.2, -0.15) is 0 Å². The molecule has 2 aromatic carbocycles. The van der Waals surface area contributed by atoms with Gasteiger partial charge in [-0.05, 0) is 30.7 Å². The molecular weight excluding hydrogens is 407 g/mol. The molecule has 0 amide bonds. The third-order valence-electron chi connectivity index (χ3n) is 4.62. The molecule has 0 aliphatic carbocycles. The van der Waals surface area contributed by atoms with E-state index in [-0.39, 0.29) is 17.1 Å². The Morgan fingerprint density at radius 2 is 1.87 bits per heavy atom. The van der Waals surface area contributed by atoms with Crippen molar-refractivity contribution in [3.05, 3.63) is 64.7 Å². The molecule has 7 nitrogen and oxygen atoms in total. The van der Waals surface area contributed by atoms with Crippen LogP contribution in [0.4, 0.5) is 4.39 Å². The first-order valence-electron chi connectivity index (χ1n) is 9.56. The monoisotopic (exact) mass is 428 g/mol. The Balaban J connectivity index is 1.61. The topological polar surface area (TPSA) is 70.7 Å². The highest BCUT2D eigenvalue weighted by Gasteiger charge is 2.16. The zero-order valence-electron chi connectivity index (χ0n) is 16.5. The van der Waals surface area contributed by atoms with Gasteiger partial charge in [-0.1, -0.05) is 36.0 Å². The van der Waals surface area contributed by atoms with Gasteiger partial charge in [0.2, 0.25) is 5.78 Å². The van der Waals surface area contributed by atoms with Crippen molar-refractivity contribution in [1.29, 1.82) is 0 Å². The predicted molar refractivity (Wildman–Crippen MR) is 114 cm³/mol. The maximum atomic E-state index is 13.7. The molecule has 0 spiro atoms. The van der Waals surface area contributed by atoms with Gasteiger partial charge < -0.3 is 9.47 Å². The number of aryl methyl sites for hydroxylation is 1. The first-order valence-corrected chi connectivity index (χ1v) is 10.5. The second kappa shape index (κ2) is 9.27. The van der Waals surface area contributed by atoms with E-state index in [9.17, 15) is 9.18 Å². The van der Waals surface area contributed by atoms with E-state index in [1.165, 1.54) is 17.8 Å². The van der Waals surface area contributed by atoms with Crippen molar-refractivity contribution in [1.82, 2.24) is 19.2 Å². The highest BCUT2D eigenvalue weighted by Crippen LogP contribution is 2.22. The zero-order valence-corrected chi connectivity index (χ0v) is 17.3. The van der Waals surface area contributed by atoms with Crippen LogP contribution in [0, 0.1) is 5.82 Å². The molecule has 0 N–H and O–H groups in total. The Morgan fingerprint density at radius 1 is 1.07 bits per heavy atom. The first kappa shape index (κ1) is 20.4. The van der Waals surface area contributed by atoms with Gasteiger partial charge in [-0.25, -0.2) is 4.39 Å². The van der Waals surface area contributed by atoms with E-state index in [4.69, 9.17) is 9.47 Å². The van der Waals surface area contributed by atoms with Crippen molar-refractivity contribution in [2.24, 2.45) is 0 Å². The maximum Gasteiger partial charge on any atom is 0.262 e. The number of nitrogens with zero attached hydrogens (tertiary/aromatic N) is 4. The number of para-hydroxylation sites is 2. The summed E-state index contributed by atoms with van der Waals surface area (Å²) in [5.41, 5.74) is 0.657. The predicted octanol–water partition coefficient (Wildman–Crippen LogP) is 3.39. The molecule has 0 fully saturated rings. The van der Waals surface area contributed by atoms with Crippen molar-refractivity contribution in [3.8, 4) is 5.75 Å². The molecule has 156 valence electrons. The summed E-state index contributed by atoms with van der Waals surface area (Å²) in [4.78, 5) is 13.0. The van der Waals surface area contributed by atoms with Crippen molar-refractivity contribution in [3.63, 3.8) is 0 Å². The highest BCUT2D eigenvalue weighted by atomic mass is 32.2. The molecular formula is C21H21FN4O3S. The largest absolute Gasteiger partial charge is 0.490 e. The molecule has 4 rings (SSSR count). The molecule has 0 radical (unpaired) electrons. The van der Waals surface area contributed by atoms with E-state index < -0.39 is 0 Å². The molecule has 0 unspecified atom stereocenters. The molecule has 2 heterocycles. The van der Waals surface area contributed by atoms with Crippen LogP contribution in [0.2, 0.25) is 0 Å². The molecule has 0 atom stereocenters. The van der Waals surface area contributed by atoms with Crippen LogP contribution >= 0.6 is 11.8 Å². The molecule has 0 saturated heterocycles. The number of methoxy groups -OCH3 is 1. The van der Waals surface area contributed by atoms with Crippen LogP contribution in [0.5, 0.6) is 5.75 Å². The van der Waals surface area contributed by atoms with Gasteiger partial charge in [-0.15, -0.1) is 10.2 Å². The molecule has 9 heteroatoms. The van der Waals surface area contributed by atoms with Gasteiger partial charge in [0.05, 0.1) is 17.5 Å². The fourth-order valence-corrected chi connectivity index (χ4v) is 4.00. The lowest BCUT2D eigenvalue weighted by Gasteiger charge is -2.11. The normalized spacial score (nSPS) is 11.4. The molecule has 4 aromatic rings. The lowest BCUT2D eigenvalue weighted by molar-refractivity contribution is 0.190.